The van der Waals surface area contributed by atoms with Gasteiger partial charge in [-0.25, -0.2) is 8.42 Å². The van der Waals surface area contributed by atoms with Gasteiger partial charge >= 0.3 is 0 Å². The lowest BCUT2D eigenvalue weighted by Crippen LogP contribution is -2.32. The van der Waals surface area contributed by atoms with Gasteiger partial charge in [0.15, 0.2) is 15.7 Å². The molecule has 1 aromatic heterocycles. The predicted octanol–water partition coefficient (Wildman–Crippen LogP) is 3.00. The molecule has 0 aliphatic heterocycles. The van der Waals surface area contributed by atoms with Crippen molar-refractivity contribution >= 4 is 9.84 Å². The molecule has 3 N–H and O–H groups in total. The van der Waals surface area contributed by atoms with E-state index in [4.69, 9.17) is 14.0 Å². The fraction of sp³-hybridized carbons (Fsp3) is 0.259. The van der Waals surface area contributed by atoms with Gasteiger partial charge in [-0.3, -0.25) is 0 Å². The largest absolute Gasteiger partial charge is 0.508 e. The van der Waals surface area contributed by atoms with E-state index < -0.39 is 15.9 Å². The number of sulfone groups is 1. The number of aromatic nitrogens is 2. The summed E-state index contributed by atoms with van der Waals surface area (Å²) < 4.78 is 41.5. The van der Waals surface area contributed by atoms with Crippen LogP contribution in [-0.2, 0) is 22.0 Å². The van der Waals surface area contributed by atoms with E-state index in [0.717, 1.165) is 5.56 Å². The maximum absolute atomic E-state index is 12.9. The van der Waals surface area contributed by atoms with Crippen LogP contribution in [-0.4, -0.2) is 61.7 Å². The highest BCUT2D eigenvalue weighted by atomic mass is 32.2. The van der Waals surface area contributed by atoms with E-state index in [1.165, 1.54) is 12.1 Å². The Morgan fingerprint density at radius 3 is 2.34 bits per heavy atom. The molecule has 0 fully saturated rings. The van der Waals surface area contributed by atoms with Crippen molar-refractivity contribution in [2.75, 3.05) is 26.8 Å². The lowest BCUT2D eigenvalue weighted by atomic mass is 10.1. The molecule has 200 valence electrons. The van der Waals surface area contributed by atoms with Crippen molar-refractivity contribution in [2.45, 2.75) is 23.2 Å². The minimum atomic E-state index is -3.66. The molecule has 0 unspecified atom stereocenters. The maximum Gasteiger partial charge on any atom is 0.257 e. The van der Waals surface area contributed by atoms with Crippen molar-refractivity contribution in [3.63, 3.8) is 0 Å². The topological polar surface area (TPSA) is 144 Å². The molecular formula is C27H29N3O7S. The number of benzene rings is 3. The number of aromatic hydroxyl groups is 1. The van der Waals surface area contributed by atoms with Crippen molar-refractivity contribution in [2.24, 2.45) is 0 Å². The zero-order valence-electron chi connectivity index (χ0n) is 20.8. The van der Waals surface area contributed by atoms with Gasteiger partial charge in [0.2, 0.25) is 0 Å². The van der Waals surface area contributed by atoms with Gasteiger partial charge in [0.1, 0.15) is 35.7 Å². The van der Waals surface area contributed by atoms with Crippen LogP contribution < -0.4 is 14.8 Å². The van der Waals surface area contributed by atoms with Gasteiger partial charge < -0.3 is 29.5 Å². The third-order valence-electron chi connectivity index (χ3n) is 5.66. The normalized spacial score (nSPS) is 12.3. The monoisotopic (exact) mass is 539 g/mol. The lowest BCUT2D eigenvalue weighted by molar-refractivity contribution is 0.106. The molecule has 4 rings (SSSR count). The van der Waals surface area contributed by atoms with Crippen LogP contribution in [0.4, 0.5) is 0 Å². The Labute approximate surface area is 220 Å². The summed E-state index contributed by atoms with van der Waals surface area (Å²) in [5, 5.41) is 26.3. The highest BCUT2D eigenvalue weighted by Gasteiger charge is 2.20. The molecule has 10 nitrogen and oxygen atoms in total. The van der Waals surface area contributed by atoms with Crippen LogP contribution in [0, 0.1) is 0 Å². The Hall–Kier alpha value is -3.93. The summed E-state index contributed by atoms with van der Waals surface area (Å²) in [6, 6.07) is 20.0. The molecule has 0 spiro atoms. The Balaban J connectivity index is 1.22. The van der Waals surface area contributed by atoms with Crippen LogP contribution >= 0.6 is 0 Å². The molecule has 0 bridgehead atoms. The molecule has 0 saturated carbocycles. The Bertz CT molecular complexity index is 1400. The van der Waals surface area contributed by atoms with Crippen molar-refractivity contribution in [1.29, 1.82) is 0 Å². The van der Waals surface area contributed by atoms with Gasteiger partial charge in [-0.05, 0) is 79.2 Å². The summed E-state index contributed by atoms with van der Waals surface area (Å²) in [4.78, 5) is 4.39. The summed E-state index contributed by atoms with van der Waals surface area (Å²) in [5.41, 5.74) is 1.62. The second kappa shape index (κ2) is 12.5. The molecule has 0 saturated heterocycles. The number of nitrogens with zero attached hydrogens (tertiary/aromatic N) is 2. The molecule has 4 aromatic rings. The first kappa shape index (κ1) is 27.1. The predicted molar refractivity (Wildman–Crippen MR) is 140 cm³/mol. The lowest BCUT2D eigenvalue weighted by Gasteiger charge is -2.13. The molecule has 11 heteroatoms. The summed E-state index contributed by atoms with van der Waals surface area (Å²) >= 11 is 0. The first-order chi connectivity index (χ1) is 18.3. The van der Waals surface area contributed by atoms with Crippen LogP contribution in [0.1, 0.15) is 11.4 Å². The summed E-state index contributed by atoms with van der Waals surface area (Å²) in [7, 11) is -2.09. The second-order valence-electron chi connectivity index (χ2n) is 8.56. The van der Waals surface area contributed by atoms with Crippen molar-refractivity contribution < 1.29 is 32.6 Å². The van der Waals surface area contributed by atoms with Gasteiger partial charge in [0.25, 0.3) is 5.89 Å². The Kier molecular flexibility index (Phi) is 8.95. The molecule has 0 aliphatic rings. The molecule has 1 atom stereocenters. The Morgan fingerprint density at radius 1 is 0.974 bits per heavy atom. The number of aliphatic hydroxyl groups is 1. The smallest absolute Gasteiger partial charge is 0.257 e. The molecule has 1 heterocycles. The fourth-order valence-corrected chi connectivity index (χ4v) is 4.75. The van der Waals surface area contributed by atoms with E-state index in [-0.39, 0.29) is 34.7 Å². The summed E-state index contributed by atoms with van der Waals surface area (Å²) in [6.45, 7) is 1.05. The zero-order valence-corrected chi connectivity index (χ0v) is 21.6. The van der Waals surface area contributed by atoms with Crippen LogP contribution in [0.15, 0.2) is 82.2 Å². The highest BCUT2D eigenvalue weighted by Crippen LogP contribution is 2.22. The Morgan fingerprint density at radius 2 is 1.66 bits per heavy atom. The summed E-state index contributed by atoms with van der Waals surface area (Å²) in [5.74, 6) is 1.34. The van der Waals surface area contributed by atoms with Gasteiger partial charge in [-0.2, -0.15) is 4.98 Å². The molecule has 3 aromatic carbocycles. The van der Waals surface area contributed by atoms with Gasteiger partial charge in [-0.15, -0.1) is 0 Å². The summed E-state index contributed by atoms with van der Waals surface area (Å²) in [6.07, 6.45) is -0.0474. The molecule has 0 aliphatic carbocycles. The van der Waals surface area contributed by atoms with E-state index in [9.17, 15) is 18.6 Å². The van der Waals surface area contributed by atoms with Crippen molar-refractivity contribution in [3.05, 3.63) is 84.2 Å². The van der Waals surface area contributed by atoms with Gasteiger partial charge in [0.05, 0.1) is 12.0 Å². The highest BCUT2D eigenvalue weighted by molar-refractivity contribution is 7.90. The number of nitrogens with one attached hydrogen (secondary N) is 1. The van der Waals surface area contributed by atoms with Gasteiger partial charge in [-0.1, -0.05) is 17.3 Å². The minimum absolute atomic E-state index is 0.0806. The van der Waals surface area contributed by atoms with E-state index in [2.05, 4.69) is 15.5 Å². The first-order valence-corrected chi connectivity index (χ1v) is 13.6. The maximum atomic E-state index is 12.9. The van der Waals surface area contributed by atoms with Crippen LogP contribution in [0.5, 0.6) is 17.2 Å². The average molecular weight is 540 g/mol. The van der Waals surface area contributed by atoms with E-state index in [1.54, 1.807) is 67.8 Å². The van der Waals surface area contributed by atoms with Gasteiger partial charge in [0, 0.05) is 12.1 Å². The zero-order chi connectivity index (χ0) is 27.0. The van der Waals surface area contributed by atoms with E-state index in [1.807, 2.05) is 0 Å². The van der Waals surface area contributed by atoms with Crippen LogP contribution in [0.3, 0.4) is 0 Å². The number of ether oxygens (including phenoxy) is 2. The molecule has 0 amide bonds. The second-order valence-corrected chi connectivity index (χ2v) is 10.5. The van der Waals surface area contributed by atoms with E-state index >= 15 is 0 Å². The number of hydrogen-bond acceptors (Lipinski definition) is 10. The number of phenols is 1. The third-order valence-corrected chi connectivity index (χ3v) is 7.28. The first-order valence-electron chi connectivity index (χ1n) is 11.9. The quantitative estimate of drug-likeness (QED) is 0.217. The van der Waals surface area contributed by atoms with E-state index in [0.29, 0.717) is 36.6 Å². The minimum Gasteiger partial charge on any atom is -0.508 e. The number of rotatable bonds is 13. The standard InChI is InChI=1S/C27H29N3O7S/c1-35-23-8-4-20(5-9-23)27-29-26(30-37-27)18-38(33,34)25-12-2-19(3-13-25)14-15-28-16-22(32)17-36-24-10-6-21(31)7-11-24/h2-13,22,28,31-32H,14-18H2,1H3/t22-/m1/s1. The number of hydrogen-bond donors (Lipinski definition) is 3. The van der Waals surface area contributed by atoms with Crippen LogP contribution in [0.2, 0.25) is 0 Å². The fourth-order valence-electron chi connectivity index (χ4n) is 3.58. The van der Waals surface area contributed by atoms with Crippen molar-refractivity contribution in [3.8, 4) is 28.7 Å². The van der Waals surface area contributed by atoms with Crippen LogP contribution in [0.25, 0.3) is 11.5 Å². The average Bonchev–Trinajstić information content (AvgIpc) is 3.39. The molecule has 38 heavy (non-hydrogen) atoms. The number of aliphatic hydroxyl groups excluding tert-OH is 1. The number of methoxy groups -OCH3 is 1. The SMILES string of the molecule is COc1ccc(-c2nc(CS(=O)(=O)c3ccc(CCNC[C@@H](O)COc4ccc(O)cc4)cc3)no2)cc1. The molecule has 0 radical (unpaired) electrons. The third kappa shape index (κ3) is 7.54. The van der Waals surface area contributed by atoms with Crippen molar-refractivity contribution in [1.82, 2.24) is 15.5 Å². The number of phenolic OH excluding ortho intramolecular Hbond substituents is 1. The molecular weight excluding hydrogens is 510 g/mol.